The van der Waals surface area contributed by atoms with E-state index < -0.39 is 89.9 Å². The molecule has 0 aromatic heterocycles. The molecule has 0 saturated carbocycles. The summed E-state index contributed by atoms with van der Waals surface area (Å²) in [6, 6.07) is 0. The predicted octanol–water partition coefficient (Wildman–Crippen LogP) is 16.0. The van der Waals surface area contributed by atoms with Gasteiger partial charge in [0, 0.05) is 64.6 Å². The van der Waals surface area contributed by atoms with Crippen molar-refractivity contribution in [1.82, 2.24) is 0 Å². The van der Waals surface area contributed by atoms with Gasteiger partial charge in [0.2, 0.25) is 0 Å². The highest BCUT2D eigenvalue weighted by atomic mass is 35.8. The number of hydrogen-bond donors (Lipinski definition) is 0. The summed E-state index contributed by atoms with van der Waals surface area (Å²) in [4.78, 5) is 0. The zero-order valence-electron chi connectivity index (χ0n) is 37.1. The van der Waals surface area contributed by atoms with Crippen molar-refractivity contribution in [1.29, 1.82) is 0 Å². The molecule has 0 bridgehead atoms. The van der Waals surface area contributed by atoms with E-state index in [0.717, 1.165) is 0 Å². The minimum atomic E-state index is -3.79. The van der Waals surface area contributed by atoms with Crippen LogP contribution in [0.15, 0.2) is 0 Å². The second kappa shape index (κ2) is 13.4. The van der Waals surface area contributed by atoms with Crippen molar-refractivity contribution >= 4 is 156 Å². The van der Waals surface area contributed by atoms with Gasteiger partial charge in [0.1, 0.15) is 0 Å². The van der Waals surface area contributed by atoms with Gasteiger partial charge >= 0.3 is 0 Å². The molecule has 0 spiro atoms. The molecule has 0 radical (unpaired) electrons. The van der Waals surface area contributed by atoms with Gasteiger partial charge in [-0.3, -0.25) is 0 Å². The van der Waals surface area contributed by atoms with Crippen molar-refractivity contribution in [2.45, 2.75) is 200 Å². The molecule has 0 aromatic carbocycles. The molecule has 0 unspecified atom stereocenters. The van der Waals surface area contributed by atoms with E-state index in [9.17, 15) is 22.2 Å². The molecule has 2 fully saturated rings. The minimum Gasteiger partial charge on any atom is -0.168 e. The Balaban J connectivity index is 3.66. The average Bonchev–Trinajstić information content (AvgIpc) is 3.28. The zero-order valence-corrected chi connectivity index (χ0v) is 53.6. The van der Waals surface area contributed by atoms with Gasteiger partial charge in [-0.25, -0.2) is 0 Å². The van der Waals surface area contributed by atoms with E-state index in [1.807, 2.05) is 0 Å². The van der Waals surface area contributed by atoms with Crippen LogP contribution in [0, 0.1) is 0 Å². The van der Waals surface area contributed by atoms with Gasteiger partial charge in [-0.15, -0.1) is 44.3 Å². The second-order valence-corrected chi connectivity index (χ2v) is 120. The summed E-state index contributed by atoms with van der Waals surface area (Å²) in [6.45, 7) is 56.3. The Hall–Kier alpha value is 4.34. The fraction of sp³-hybridized carbons (Fsp3) is 1.00. The monoisotopic (exact) mass is 1010 g/mol. The summed E-state index contributed by atoms with van der Waals surface area (Å²) >= 11 is 55.0. The molecule has 0 N–H and O–H groups in total. The molecule has 18 heteroatoms. The molecule has 0 aromatic rings. The van der Waals surface area contributed by atoms with E-state index in [2.05, 4.69) is 157 Å². The third-order valence-corrected chi connectivity index (χ3v) is 174. The van der Waals surface area contributed by atoms with E-state index in [1.165, 1.54) is 25.7 Å². The summed E-state index contributed by atoms with van der Waals surface area (Å²) < 4.78 is -0.0195. The summed E-state index contributed by atoms with van der Waals surface area (Å²) in [7, 11) is -16.4. The standard InChI is InChI=1S/C32H80Cl6Si12/c1-39(2,3)29(40(4,5)6)25-26-30(41(7,8)9,42(10,11)12)47(29,33)49(35,36)50(37,38)48(34)31(43(13,14)15,44(16,17)18)27-28-32(48,45(19,20)21)46(22,23)24/h25-28H2,1-24H3. The molecule has 0 aliphatic carbocycles. The lowest BCUT2D eigenvalue weighted by atomic mass is 10.4. The van der Waals surface area contributed by atoms with Crippen LogP contribution in [-0.2, 0) is 0 Å². The number of halogens is 6. The van der Waals surface area contributed by atoms with Crippen LogP contribution in [-0.4, -0.2) is 89.9 Å². The third-order valence-electron chi connectivity index (χ3n) is 15.6. The maximum absolute atomic E-state index is 9.47. The first-order valence-corrected chi connectivity index (χ1v) is 64.4. The Morgan fingerprint density at radius 2 is 0.380 bits per heavy atom. The van der Waals surface area contributed by atoms with Gasteiger partial charge in [-0.05, 0) is 17.1 Å². The second-order valence-electron chi connectivity index (χ2n) is 25.1. The van der Waals surface area contributed by atoms with Crippen LogP contribution in [0.2, 0.25) is 174 Å². The minimum absolute atomic E-state index is 0.00488. The van der Waals surface area contributed by atoms with E-state index in [-0.39, 0.29) is 17.1 Å². The maximum atomic E-state index is 9.47. The molecule has 2 rings (SSSR count). The van der Waals surface area contributed by atoms with Crippen LogP contribution in [0.3, 0.4) is 0 Å². The molecular formula is C32H80Cl6Si12. The Morgan fingerprint density at radius 1 is 0.280 bits per heavy atom. The number of hydrogen-bond acceptors (Lipinski definition) is 0. The zero-order chi connectivity index (χ0) is 40.8. The van der Waals surface area contributed by atoms with E-state index in [4.69, 9.17) is 44.3 Å². The third kappa shape index (κ3) is 5.87. The largest absolute Gasteiger partial charge is 0.277 e. The van der Waals surface area contributed by atoms with Crippen molar-refractivity contribution in [3.05, 3.63) is 0 Å². The molecule has 2 aliphatic heterocycles. The first kappa shape index (κ1) is 50.5. The van der Waals surface area contributed by atoms with Gasteiger partial charge in [0.25, 0.3) is 11.5 Å². The van der Waals surface area contributed by atoms with Gasteiger partial charge in [0.15, 0.2) is 13.8 Å². The highest BCUT2D eigenvalue weighted by Gasteiger charge is 2.96. The van der Waals surface area contributed by atoms with E-state index in [0.29, 0.717) is 0 Å². The molecular weight excluding hydrogens is 934 g/mol. The van der Waals surface area contributed by atoms with Crippen molar-refractivity contribution in [2.24, 2.45) is 0 Å². The summed E-state index contributed by atoms with van der Waals surface area (Å²) in [5, 5.41) is 0. The molecule has 2 heterocycles. The van der Waals surface area contributed by atoms with Crippen molar-refractivity contribution in [3.63, 3.8) is 0 Å². The summed E-state index contributed by atoms with van der Waals surface area (Å²) in [6.07, 6.45) is 4.69. The highest BCUT2D eigenvalue weighted by Crippen LogP contribution is 2.85. The maximum Gasteiger partial charge on any atom is 0.277 e. The summed E-state index contributed by atoms with van der Waals surface area (Å²) in [5.41, 5.74) is -7.57. The average molecular weight is 1010 g/mol. The van der Waals surface area contributed by atoms with Crippen LogP contribution in [0.4, 0.5) is 0 Å². The lowest BCUT2D eigenvalue weighted by Gasteiger charge is -2.71. The SMILES string of the molecule is C[Si](C)(C)C1([Si](C)(C)C)CCC([Si](C)(C)C)([Si](C)(C)C)[Si]1(Cl)[Si](Cl)(Cl)[Si](Cl)(Cl)[Si]1(Cl)C([Si](C)(C)C)([Si](C)(C)C)CCC1([Si](C)(C)C)[Si](C)(C)C. The van der Waals surface area contributed by atoms with Crippen LogP contribution >= 0.6 is 66.5 Å². The topological polar surface area (TPSA) is 0 Å². The Labute approximate surface area is 352 Å². The predicted molar refractivity (Wildman–Crippen MR) is 274 cm³/mol. The molecule has 298 valence electrons. The molecule has 2 aliphatic rings. The van der Waals surface area contributed by atoms with Gasteiger partial charge in [-0.2, -0.15) is 22.2 Å². The Kier molecular flexibility index (Phi) is 13.6. The van der Waals surface area contributed by atoms with Crippen molar-refractivity contribution in [2.75, 3.05) is 0 Å². The molecule has 2 saturated heterocycles. The Bertz CT molecular complexity index is 1060. The lowest BCUT2D eigenvalue weighted by Crippen LogP contribution is -2.91. The van der Waals surface area contributed by atoms with Crippen molar-refractivity contribution in [3.8, 4) is 0 Å². The molecule has 50 heavy (non-hydrogen) atoms. The van der Waals surface area contributed by atoms with Crippen LogP contribution in [0.5, 0.6) is 0 Å². The summed E-state index contributed by atoms with van der Waals surface area (Å²) in [5.74, 6) is 0. The first-order valence-electron chi connectivity index (χ1n) is 19.3. The normalized spacial score (nSPS) is 24.8. The van der Waals surface area contributed by atoms with Crippen LogP contribution in [0.25, 0.3) is 0 Å². The Morgan fingerprint density at radius 3 is 0.460 bits per heavy atom. The van der Waals surface area contributed by atoms with Crippen molar-refractivity contribution < 1.29 is 0 Å². The van der Waals surface area contributed by atoms with Crippen LogP contribution in [0.1, 0.15) is 25.7 Å². The van der Waals surface area contributed by atoms with Gasteiger partial charge < -0.3 is 0 Å². The molecule has 0 atom stereocenters. The quantitative estimate of drug-likeness (QED) is 0.143. The van der Waals surface area contributed by atoms with Gasteiger partial charge in [-0.1, -0.05) is 183 Å². The fourth-order valence-corrected chi connectivity index (χ4v) is 268. The van der Waals surface area contributed by atoms with E-state index in [1.54, 1.807) is 0 Å². The lowest BCUT2D eigenvalue weighted by molar-refractivity contribution is 0.763. The van der Waals surface area contributed by atoms with Crippen LogP contribution < -0.4 is 0 Å². The smallest absolute Gasteiger partial charge is 0.168 e. The number of rotatable bonds is 11. The van der Waals surface area contributed by atoms with Gasteiger partial charge in [0.05, 0.1) is 0 Å². The fourth-order valence-electron chi connectivity index (χ4n) is 15.3. The van der Waals surface area contributed by atoms with E-state index >= 15 is 0 Å². The molecule has 0 nitrogen and oxygen atoms in total. The molecule has 0 amide bonds. The first-order chi connectivity index (χ1) is 21.2. The highest BCUT2D eigenvalue weighted by molar-refractivity contribution is 8.24.